The second-order valence-electron chi connectivity index (χ2n) is 8.65. The van der Waals surface area contributed by atoms with Crippen LogP contribution in [0.5, 0.6) is 5.75 Å². The first-order chi connectivity index (χ1) is 17.5. The van der Waals surface area contributed by atoms with Crippen LogP contribution in [0.2, 0.25) is 5.15 Å². The van der Waals surface area contributed by atoms with Crippen LogP contribution in [0.1, 0.15) is 28.7 Å². The number of methoxy groups -OCH3 is 1. The maximum absolute atomic E-state index is 12.4. The van der Waals surface area contributed by atoms with Crippen LogP contribution in [0.3, 0.4) is 0 Å². The van der Waals surface area contributed by atoms with Crippen LogP contribution in [0.15, 0.2) is 72.8 Å². The van der Waals surface area contributed by atoms with Crippen molar-refractivity contribution in [3.63, 3.8) is 0 Å². The summed E-state index contributed by atoms with van der Waals surface area (Å²) in [6.07, 6.45) is -3.38. The number of hydrogen-bond donors (Lipinski definition) is 3. The van der Waals surface area contributed by atoms with Crippen molar-refractivity contribution in [3.05, 3.63) is 94.6 Å². The van der Waals surface area contributed by atoms with E-state index in [-0.39, 0.29) is 29.8 Å². The topological polar surface area (TPSA) is 101 Å². The summed E-state index contributed by atoms with van der Waals surface area (Å²) in [5.74, 6) is 0.558. The lowest BCUT2D eigenvalue weighted by atomic mass is 9.98. The van der Waals surface area contributed by atoms with E-state index in [1.807, 2.05) is 36.4 Å². The highest BCUT2D eigenvalue weighted by molar-refractivity contribution is 6.30. The number of nitrogens with one attached hydrogen (secondary N) is 1. The number of nitrogens with zero attached hydrogens (tertiary/aromatic N) is 1. The summed E-state index contributed by atoms with van der Waals surface area (Å²) < 4.78 is 10.7. The molecular formula is C28H25ClN2O5. The van der Waals surface area contributed by atoms with E-state index < -0.39 is 18.3 Å². The van der Waals surface area contributed by atoms with Gasteiger partial charge in [-0.25, -0.2) is 9.78 Å². The van der Waals surface area contributed by atoms with Crippen molar-refractivity contribution < 1.29 is 24.5 Å². The van der Waals surface area contributed by atoms with E-state index in [9.17, 15) is 15.0 Å². The monoisotopic (exact) mass is 504 g/mol. The zero-order valence-electron chi connectivity index (χ0n) is 19.5. The van der Waals surface area contributed by atoms with Crippen molar-refractivity contribution in [2.45, 2.75) is 18.1 Å². The second-order valence-corrected chi connectivity index (χ2v) is 9.00. The lowest BCUT2D eigenvalue weighted by molar-refractivity contribution is 0.0185. The summed E-state index contributed by atoms with van der Waals surface area (Å²) >= 11 is 6.26. The van der Waals surface area contributed by atoms with Crippen molar-refractivity contribution in [2.24, 2.45) is 0 Å². The summed E-state index contributed by atoms with van der Waals surface area (Å²) in [6.45, 7) is -0.0783. The molecule has 3 N–H and O–H groups in total. The van der Waals surface area contributed by atoms with E-state index in [4.69, 9.17) is 21.1 Å². The number of halogens is 1. The highest BCUT2D eigenvalue weighted by atomic mass is 35.5. The summed E-state index contributed by atoms with van der Waals surface area (Å²) in [4.78, 5) is 16.7. The number of carbonyl (C=O) groups is 1. The Morgan fingerprint density at radius 2 is 1.69 bits per heavy atom. The minimum Gasteiger partial charge on any atom is -0.497 e. The van der Waals surface area contributed by atoms with Gasteiger partial charge in [0.2, 0.25) is 0 Å². The molecule has 184 valence electrons. The number of aliphatic hydroxyl groups excluding tert-OH is 2. The molecule has 2 atom stereocenters. The molecule has 1 aliphatic rings. The van der Waals surface area contributed by atoms with Crippen LogP contribution in [-0.2, 0) is 4.74 Å². The highest BCUT2D eigenvalue weighted by Crippen LogP contribution is 2.44. The first kappa shape index (κ1) is 24.1. The Balaban J connectivity index is 1.21. The Hall–Kier alpha value is -3.65. The minimum atomic E-state index is -1.37. The maximum atomic E-state index is 12.4. The van der Waals surface area contributed by atoms with Crippen molar-refractivity contribution in [1.29, 1.82) is 0 Å². The molecule has 36 heavy (non-hydrogen) atoms. The normalized spacial score (nSPS) is 14.1. The molecule has 0 spiro atoms. The number of rotatable bonds is 7. The number of carbonyl (C=O) groups excluding carboxylic acids is 1. The lowest BCUT2D eigenvalue weighted by Gasteiger charge is -2.20. The molecule has 1 heterocycles. The molecule has 1 aliphatic carbocycles. The fourth-order valence-electron chi connectivity index (χ4n) is 4.64. The number of benzene rings is 3. The Morgan fingerprint density at radius 1 is 1.03 bits per heavy atom. The summed E-state index contributed by atoms with van der Waals surface area (Å²) in [5.41, 5.74) is 5.37. The number of alkyl carbamates (subject to hydrolysis) is 1. The van der Waals surface area contributed by atoms with Gasteiger partial charge in [-0.3, -0.25) is 0 Å². The third-order valence-electron chi connectivity index (χ3n) is 6.48. The summed E-state index contributed by atoms with van der Waals surface area (Å²) in [7, 11) is 1.55. The molecule has 7 nitrogen and oxygen atoms in total. The average Bonchev–Trinajstić information content (AvgIpc) is 3.23. The van der Waals surface area contributed by atoms with E-state index in [0.717, 1.165) is 22.3 Å². The van der Waals surface area contributed by atoms with Gasteiger partial charge in [0.15, 0.2) is 0 Å². The molecule has 0 saturated carbocycles. The van der Waals surface area contributed by atoms with Gasteiger partial charge in [0.1, 0.15) is 29.7 Å². The van der Waals surface area contributed by atoms with Gasteiger partial charge in [-0.15, -0.1) is 0 Å². The number of aliphatic hydroxyl groups is 2. The first-order valence-electron chi connectivity index (χ1n) is 11.6. The smallest absolute Gasteiger partial charge is 0.407 e. The number of hydrogen-bond acceptors (Lipinski definition) is 6. The number of aromatic nitrogens is 1. The Kier molecular flexibility index (Phi) is 6.78. The van der Waals surface area contributed by atoms with Crippen molar-refractivity contribution >= 4 is 28.6 Å². The van der Waals surface area contributed by atoms with E-state index in [1.165, 1.54) is 0 Å². The quantitative estimate of drug-likeness (QED) is 0.312. The summed E-state index contributed by atoms with van der Waals surface area (Å²) in [6, 6.07) is 23.1. The molecule has 0 fully saturated rings. The Labute approximate surface area is 213 Å². The van der Waals surface area contributed by atoms with Crippen LogP contribution in [0.4, 0.5) is 4.79 Å². The molecule has 2 unspecified atom stereocenters. The zero-order valence-corrected chi connectivity index (χ0v) is 20.3. The molecule has 1 aromatic heterocycles. The Bertz CT molecular complexity index is 1380. The van der Waals surface area contributed by atoms with Gasteiger partial charge in [-0.05, 0) is 46.5 Å². The van der Waals surface area contributed by atoms with E-state index >= 15 is 0 Å². The van der Waals surface area contributed by atoms with E-state index in [0.29, 0.717) is 16.7 Å². The van der Waals surface area contributed by atoms with Gasteiger partial charge in [0.25, 0.3) is 0 Å². The standard InChI is InChI=1S/C28H25ClN2O5/c1-35-17-10-11-24-16(12-17)13-22(27(29)31-24)26(33)25(32)14-30-28(34)36-15-23-20-8-4-2-6-18(20)19-7-3-5-9-21(19)23/h2-13,23,25-26,32-33H,14-15H2,1H3,(H,30,34). The van der Waals surface area contributed by atoms with Gasteiger partial charge >= 0.3 is 6.09 Å². The van der Waals surface area contributed by atoms with Crippen LogP contribution < -0.4 is 10.1 Å². The predicted molar refractivity (Wildman–Crippen MR) is 137 cm³/mol. The zero-order chi connectivity index (χ0) is 25.2. The third-order valence-corrected chi connectivity index (χ3v) is 6.79. The van der Waals surface area contributed by atoms with Crippen LogP contribution in [-0.4, -0.2) is 47.7 Å². The largest absolute Gasteiger partial charge is 0.497 e. The van der Waals surface area contributed by atoms with Gasteiger partial charge in [-0.1, -0.05) is 60.1 Å². The molecular weight excluding hydrogens is 480 g/mol. The van der Waals surface area contributed by atoms with Crippen LogP contribution in [0.25, 0.3) is 22.0 Å². The number of fused-ring (bicyclic) bond motifs is 4. The molecule has 0 radical (unpaired) electrons. The van der Waals surface area contributed by atoms with Crippen molar-refractivity contribution in [1.82, 2.24) is 10.3 Å². The molecule has 0 aliphatic heterocycles. The van der Waals surface area contributed by atoms with Gasteiger partial charge in [-0.2, -0.15) is 0 Å². The van der Waals surface area contributed by atoms with Crippen LogP contribution >= 0.6 is 11.6 Å². The number of amides is 1. The molecule has 3 aromatic carbocycles. The predicted octanol–water partition coefficient (Wildman–Crippen LogP) is 4.83. The van der Waals surface area contributed by atoms with Crippen molar-refractivity contribution in [2.75, 3.05) is 20.3 Å². The molecule has 0 saturated heterocycles. The molecule has 5 rings (SSSR count). The summed E-state index contributed by atoms with van der Waals surface area (Å²) in [5, 5.41) is 24.5. The van der Waals surface area contributed by atoms with Gasteiger partial charge in [0.05, 0.1) is 12.6 Å². The molecule has 8 heteroatoms. The lowest BCUT2D eigenvalue weighted by Crippen LogP contribution is -2.36. The minimum absolute atomic E-state index is 0.0698. The third kappa shape index (κ3) is 4.60. The molecule has 1 amide bonds. The molecule has 0 bridgehead atoms. The van der Waals surface area contributed by atoms with Gasteiger partial charge in [0, 0.05) is 23.4 Å². The van der Waals surface area contributed by atoms with Crippen molar-refractivity contribution in [3.8, 4) is 16.9 Å². The fraction of sp³-hybridized carbons (Fsp3) is 0.214. The second kappa shape index (κ2) is 10.1. The van der Waals surface area contributed by atoms with Crippen LogP contribution in [0, 0.1) is 0 Å². The number of pyridine rings is 1. The van der Waals surface area contributed by atoms with E-state index in [2.05, 4.69) is 22.4 Å². The SMILES string of the molecule is COc1ccc2nc(Cl)c(C(O)C(O)CNC(=O)OCC3c4ccccc4-c4ccccc43)cc2c1. The van der Waals surface area contributed by atoms with E-state index in [1.54, 1.807) is 31.4 Å². The average molecular weight is 505 g/mol. The highest BCUT2D eigenvalue weighted by Gasteiger charge is 2.29. The Morgan fingerprint density at radius 3 is 2.36 bits per heavy atom. The maximum Gasteiger partial charge on any atom is 0.407 e. The molecule has 4 aromatic rings. The first-order valence-corrected chi connectivity index (χ1v) is 11.9. The van der Waals surface area contributed by atoms with Gasteiger partial charge < -0.3 is 25.0 Å². The number of ether oxygens (including phenoxy) is 2. The fourth-order valence-corrected chi connectivity index (χ4v) is 4.90.